The molecule has 1 aromatic heterocycles. The van der Waals surface area contributed by atoms with E-state index in [0.29, 0.717) is 13.2 Å². The lowest BCUT2D eigenvalue weighted by atomic mass is 9.69. The van der Waals surface area contributed by atoms with Crippen LogP contribution in [0, 0.1) is 6.92 Å². The summed E-state index contributed by atoms with van der Waals surface area (Å²) in [7, 11) is 1.68. The van der Waals surface area contributed by atoms with Gasteiger partial charge in [-0.25, -0.2) is 4.79 Å². The molecule has 1 N–H and O–H groups in total. The summed E-state index contributed by atoms with van der Waals surface area (Å²) in [6.07, 6.45) is 6.28. The van der Waals surface area contributed by atoms with Crippen LogP contribution in [0.2, 0.25) is 0 Å². The molecular formula is C22H25NO5. The van der Waals surface area contributed by atoms with Gasteiger partial charge in [-0.2, -0.15) is 0 Å². The van der Waals surface area contributed by atoms with Crippen LogP contribution in [0.1, 0.15) is 47.2 Å². The lowest BCUT2D eigenvalue weighted by molar-refractivity contribution is 0.0691. The van der Waals surface area contributed by atoms with Crippen LogP contribution in [0.5, 0.6) is 5.75 Å². The average Bonchev–Trinajstić information content (AvgIpc) is 2.63. The minimum Gasteiger partial charge on any atom is -0.493 e. The van der Waals surface area contributed by atoms with E-state index >= 15 is 0 Å². The molecule has 0 amide bonds. The van der Waals surface area contributed by atoms with Crippen molar-refractivity contribution in [2.24, 2.45) is 0 Å². The largest absolute Gasteiger partial charge is 0.493 e. The first-order valence-corrected chi connectivity index (χ1v) is 9.71. The number of benzene rings is 1. The molecule has 0 saturated heterocycles. The highest BCUT2D eigenvalue weighted by molar-refractivity contribution is 5.88. The zero-order valence-electron chi connectivity index (χ0n) is 16.3. The fraction of sp³-hybridized carbons (Fsp3) is 0.455. The van der Waals surface area contributed by atoms with Gasteiger partial charge >= 0.3 is 5.97 Å². The summed E-state index contributed by atoms with van der Waals surface area (Å²) in [6.45, 7) is 3.25. The molecule has 2 aromatic rings. The summed E-state index contributed by atoms with van der Waals surface area (Å²) in [6, 6.07) is 5.63. The van der Waals surface area contributed by atoms with Gasteiger partial charge in [0.1, 0.15) is 11.3 Å². The summed E-state index contributed by atoms with van der Waals surface area (Å²) < 4.78 is 13.1. The van der Waals surface area contributed by atoms with Crippen molar-refractivity contribution in [3.05, 3.63) is 51.3 Å². The Hall–Kier alpha value is -2.60. The monoisotopic (exact) mass is 383 g/mol. The van der Waals surface area contributed by atoms with Gasteiger partial charge < -0.3 is 19.1 Å². The molecular weight excluding hydrogens is 358 g/mol. The number of rotatable bonds is 6. The zero-order valence-corrected chi connectivity index (χ0v) is 16.3. The predicted octanol–water partition coefficient (Wildman–Crippen LogP) is 3.37. The second kappa shape index (κ2) is 7.09. The fourth-order valence-corrected chi connectivity index (χ4v) is 4.39. The van der Waals surface area contributed by atoms with Crippen LogP contribution in [0.25, 0.3) is 11.3 Å². The number of ether oxygens (including phenoxy) is 2. The van der Waals surface area contributed by atoms with Crippen LogP contribution in [0.15, 0.2) is 29.2 Å². The number of carboxylic acid groups (broad SMARTS) is 1. The molecule has 1 saturated carbocycles. The fourth-order valence-electron chi connectivity index (χ4n) is 4.39. The lowest BCUT2D eigenvalue weighted by Gasteiger charge is -2.48. The first-order valence-electron chi connectivity index (χ1n) is 9.71. The van der Waals surface area contributed by atoms with Crippen molar-refractivity contribution in [2.45, 2.75) is 44.6 Å². The Kier molecular flexibility index (Phi) is 4.75. The summed E-state index contributed by atoms with van der Waals surface area (Å²) in [5.41, 5.74) is 3.23. The van der Waals surface area contributed by atoms with Crippen LogP contribution in [0.3, 0.4) is 0 Å². The summed E-state index contributed by atoms with van der Waals surface area (Å²) in [5, 5.41) is 9.39. The van der Waals surface area contributed by atoms with Gasteiger partial charge in [0.15, 0.2) is 5.43 Å². The summed E-state index contributed by atoms with van der Waals surface area (Å²) in [5.74, 6) is -0.307. The molecule has 2 heterocycles. The van der Waals surface area contributed by atoms with Crippen molar-refractivity contribution in [2.75, 3.05) is 20.3 Å². The van der Waals surface area contributed by atoms with Crippen molar-refractivity contribution >= 4 is 5.97 Å². The van der Waals surface area contributed by atoms with Crippen LogP contribution >= 0.6 is 0 Å². The Bertz CT molecular complexity index is 987. The highest BCUT2D eigenvalue weighted by Gasteiger charge is 2.43. The quantitative estimate of drug-likeness (QED) is 0.774. The standard InChI is InChI=1S/C22H25NO5/c1-14-9-16-15(10-20(14)28-8-4-7-27-2)12-22(5-3-6-22)23-13-17(21(25)26)19(24)11-18(16)23/h9-11,13H,3-8,12H2,1-2H3,(H,25,26). The van der Waals surface area contributed by atoms with Gasteiger partial charge in [-0.05, 0) is 55.9 Å². The van der Waals surface area contributed by atoms with E-state index in [4.69, 9.17) is 9.47 Å². The van der Waals surface area contributed by atoms with E-state index in [-0.39, 0.29) is 11.1 Å². The van der Waals surface area contributed by atoms with Crippen LogP contribution < -0.4 is 10.2 Å². The van der Waals surface area contributed by atoms with E-state index in [1.807, 2.05) is 11.5 Å². The minimum atomic E-state index is -1.17. The zero-order chi connectivity index (χ0) is 19.9. The third-order valence-corrected chi connectivity index (χ3v) is 6.02. The molecule has 1 fully saturated rings. The maximum Gasteiger partial charge on any atom is 0.341 e. The number of carbonyl (C=O) groups is 1. The predicted molar refractivity (Wildman–Crippen MR) is 105 cm³/mol. The number of aromatic nitrogens is 1. The normalized spacial score (nSPS) is 16.2. The molecule has 6 nitrogen and oxygen atoms in total. The third-order valence-electron chi connectivity index (χ3n) is 6.02. The number of nitrogens with zero attached hydrogens (tertiary/aromatic N) is 1. The third kappa shape index (κ3) is 3.02. The molecule has 148 valence electrons. The number of pyridine rings is 1. The van der Waals surface area contributed by atoms with Crippen LogP contribution in [0.4, 0.5) is 0 Å². The van der Waals surface area contributed by atoms with Crippen molar-refractivity contribution in [1.82, 2.24) is 4.57 Å². The van der Waals surface area contributed by atoms with Crippen LogP contribution in [-0.2, 0) is 16.7 Å². The topological polar surface area (TPSA) is 77.8 Å². The number of carboxylic acids is 1. The second-order valence-electron chi connectivity index (χ2n) is 7.84. The van der Waals surface area contributed by atoms with E-state index < -0.39 is 11.4 Å². The summed E-state index contributed by atoms with van der Waals surface area (Å²) >= 11 is 0. The van der Waals surface area contributed by atoms with Gasteiger partial charge in [0.2, 0.25) is 0 Å². The van der Waals surface area contributed by atoms with Gasteiger partial charge in [0, 0.05) is 43.5 Å². The molecule has 28 heavy (non-hydrogen) atoms. The number of aromatic carboxylic acids is 1. The molecule has 1 aliphatic heterocycles. The van der Waals surface area contributed by atoms with Crippen molar-refractivity contribution in [1.29, 1.82) is 0 Å². The Balaban J connectivity index is 1.78. The first-order chi connectivity index (χ1) is 13.4. The Morgan fingerprint density at radius 3 is 2.68 bits per heavy atom. The van der Waals surface area contributed by atoms with Gasteiger partial charge in [-0.1, -0.05) is 0 Å². The van der Waals surface area contributed by atoms with Crippen molar-refractivity contribution in [3.63, 3.8) is 0 Å². The number of hydrogen-bond acceptors (Lipinski definition) is 4. The molecule has 2 aliphatic rings. The molecule has 4 rings (SSSR count). The maximum absolute atomic E-state index is 12.4. The first kappa shape index (κ1) is 18.7. The van der Waals surface area contributed by atoms with Crippen molar-refractivity contribution < 1.29 is 19.4 Å². The van der Waals surface area contributed by atoms with E-state index in [2.05, 4.69) is 12.1 Å². The molecule has 0 radical (unpaired) electrons. The number of methoxy groups -OCH3 is 1. The van der Waals surface area contributed by atoms with Gasteiger partial charge in [-0.3, -0.25) is 4.79 Å². The number of aryl methyl sites for hydroxylation is 1. The smallest absolute Gasteiger partial charge is 0.341 e. The minimum absolute atomic E-state index is 0.136. The summed E-state index contributed by atoms with van der Waals surface area (Å²) in [4.78, 5) is 23.9. The highest BCUT2D eigenvalue weighted by atomic mass is 16.5. The lowest BCUT2D eigenvalue weighted by Crippen LogP contribution is -2.46. The highest BCUT2D eigenvalue weighted by Crippen LogP contribution is 2.49. The van der Waals surface area contributed by atoms with E-state index in [0.717, 1.165) is 60.2 Å². The molecule has 1 aliphatic carbocycles. The average molecular weight is 383 g/mol. The van der Waals surface area contributed by atoms with E-state index in [9.17, 15) is 14.7 Å². The SMILES string of the molecule is COCCCOc1cc2c(cc1C)-c1cc(=O)c(C(=O)O)cn1C1(CCC1)C2. The Morgan fingerprint density at radius 2 is 2.04 bits per heavy atom. The molecule has 1 aromatic carbocycles. The maximum atomic E-state index is 12.4. The van der Waals surface area contributed by atoms with Crippen molar-refractivity contribution in [3.8, 4) is 17.0 Å². The van der Waals surface area contributed by atoms with Gasteiger partial charge in [0.25, 0.3) is 0 Å². The van der Waals surface area contributed by atoms with Gasteiger partial charge in [0.05, 0.1) is 12.3 Å². The molecule has 0 atom stereocenters. The number of hydrogen-bond donors (Lipinski definition) is 1. The molecule has 0 bridgehead atoms. The van der Waals surface area contributed by atoms with E-state index in [1.54, 1.807) is 13.3 Å². The Morgan fingerprint density at radius 1 is 1.25 bits per heavy atom. The Labute approximate surface area is 163 Å². The van der Waals surface area contributed by atoms with Gasteiger partial charge in [-0.15, -0.1) is 0 Å². The van der Waals surface area contributed by atoms with Crippen LogP contribution in [-0.4, -0.2) is 36.0 Å². The molecule has 6 heteroatoms. The number of fused-ring (bicyclic) bond motifs is 4. The molecule has 0 unspecified atom stereocenters. The van der Waals surface area contributed by atoms with E-state index in [1.165, 1.54) is 6.07 Å². The molecule has 1 spiro atoms. The second-order valence-corrected chi connectivity index (χ2v) is 7.84.